The summed E-state index contributed by atoms with van der Waals surface area (Å²) in [5.41, 5.74) is 2.10. The molecule has 40 heavy (non-hydrogen) atoms. The average Bonchev–Trinajstić information content (AvgIpc) is 3.36. The number of nitrogens with one attached hydrogen (secondary N) is 1. The van der Waals surface area contributed by atoms with E-state index in [0.29, 0.717) is 35.8 Å². The lowest BCUT2D eigenvalue weighted by molar-refractivity contribution is 0.0772. The van der Waals surface area contributed by atoms with Gasteiger partial charge in [-0.3, -0.25) is 9.59 Å². The van der Waals surface area contributed by atoms with Crippen LogP contribution in [-0.4, -0.2) is 73.6 Å². The first-order chi connectivity index (χ1) is 18.8. The van der Waals surface area contributed by atoms with Gasteiger partial charge in [0.25, 0.3) is 11.8 Å². The van der Waals surface area contributed by atoms with Crippen molar-refractivity contribution in [3.63, 3.8) is 0 Å². The van der Waals surface area contributed by atoms with Gasteiger partial charge in [-0.1, -0.05) is 20.8 Å². The van der Waals surface area contributed by atoms with Gasteiger partial charge < -0.3 is 15.1 Å². The highest BCUT2D eigenvalue weighted by molar-refractivity contribution is 7.89. The van der Waals surface area contributed by atoms with Crippen molar-refractivity contribution in [2.75, 3.05) is 38.5 Å². The Morgan fingerprint density at radius 2 is 1.77 bits per heavy atom. The van der Waals surface area contributed by atoms with E-state index in [1.165, 1.54) is 23.5 Å². The van der Waals surface area contributed by atoms with Crippen molar-refractivity contribution in [3.8, 4) is 0 Å². The number of anilines is 1. The van der Waals surface area contributed by atoms with E-state index in [1.807, 2.05) is 13.8 Å². The first-order valence-electron chi connectivity index (χ1n) is 14.3. The average molecular weight is 587 g/mol. The lowest BCUT2D eigenvalue weighted by atomic mass is 9.65. The predicted molar refractivity (Wildman–Crippen MR) is 159 cm³/mol. The van der Waals surface area contributed by atoms with Gasteiger partial charge in [0.15, 0.2) is 0 Å². The second-order valence-corrected chi connectivity index (χ2v) is 15.9. The Balaban J connectivity index is 1.38. The molecule has 1 saturated carbocycles. The van der Waals surface area contributed by atoms with Crippen LogP contribution in [-0.2, 0) is 23.0 Å². The van der Waals surface area contributed by atoms with E-state index in [9.17, 15) is 18.0 Å². The van der Waals surface area contributed by atoms with E-state index in [4.69, 9.17) is 0 Å². The van der Waals surface area contributed by atoms with Gasteiger partial charge in [0.05, 0.1) is 10.5 Å². The van der Waals surface area contributed by atoms with E-state index in [1.54, 1.807) is 21.3 Å². The van der Waals surface area contributed by atoms with Crippen LogP contribution in [0.3, 0.4) is 0 Å². The summed E-state index contributed by atoms with van der Waals surface area (Å²) < 4.78 is 29.0. The molecule has 2 fully saturated rings. The molecule has 1 saturated heterocycles. The first-order valence-corrected chi connectivity index (χ1v) is 16.6. The third-order valence-corrected chi connectivity index (χ3v) is 11.9. The maximum Gasteiger partial charge on any atom is 0.257 e. The standard InChI is InChI=1S/C30H42N4O4S2/c1-7-33(8-2)28(36)25-23-13-14-32(6)17-24(23)39-27(25)31-26(35)20-9-11-22(12-10-20)40(37,38)34-19-30(5)16-21(34)15-29(3,4)18-30/h9-12,21H,7-8,13-19H2,1-6H3,(H,31,35). The molecule has 8 nitrogen and oxygen atoms in total. The number of thiophene rings is 1. The molecule has 2 bridgehead atoms. The quantitative estimate of drug-likeness (QED) is 0.490. The molecule has 3 heterocycles. The smallest absolute Gasteiger partial charge is 0.257 e. The summed E-state index contributed by atoms with van der Waals surface area (Å²) in [6, 6.07) is 6.23. The number of hydrogen-bond donors (Lipinski definition) is 1. The molecule has 3 aliphatic rings. The van der Waals surface area contributed by atoms with Gasteiger partial charge in [0.2, 0.25) is 10.0 Å². The van der Waals surface area contributed by atoms with Gasteiger partial charge in [-0.15, -0.1) is 11.3 Å². The number of benzene rings is 1. The summed E-state index contributed by atoms with van der Waals surface area (Å²) >= 11 is 1.46. The van der Waals surface area contributed by atoms with E-state index in [0.717, 1.165) is 49.2 Å². The van der Waals surface area contributed by atoms with E-state index >= 15 is 0 Å². The van der Waals surface area contributed by atoms with Crippen LogP contribution < -0.4 is 5.32 Å². The zero-order chi connectivity index (χ0) is 29.0. The SMILES string of the molecule is CCN(CC)C(=O)c1c(NC(=O)c2ccc(S(=O)(=O)N3CC4(C)CC3CC(C)(C)C4)cc2)sc2c1CCN(C)C2. The highest BCUT2D eigenvalue weighted by Gasteiger charge is 2.53. The Kier molecular flexibility index (Phi) is 7.70. The summed E-state index contributed by atoms with van der Waals surface area (Å²) in [5, 5.41) is 3.56. The van der Waals surface area contributed by atoms with E-state index in [-0.39, 0.29) is 33.6 Å². The van der Waals surface area contributed by atoms with Crippen molar-refractivity contribution < 1.29 is 18.0 Å². The summed E-state index contributed by atoms with van der Waals surface area (Å²) in [7, 11) is -1.62. The van der Waals surface area contributed by atoms with Gasteiger partial charge in [-0.2, -0.15) is 4.31 Å². The maximum absolute atomic E-state index is 13.7. The van der Waals surface area contributed by atoms with Crippen molar-refractivity contribution in [3.05, 3.63) is 45.8 Å². The molecule has 1 N–H and O–H groups in total. The topological polar surface area (TPSA) is 90.0 Å². The Labute approximate surface area is 242 Å². The molecule has 0 spiro atoms. The molecule has 2 aliphatic heterocycles. The Hall–Kier alpha value is -2.27. The largest absolute Gasteiger partial charge is 0.339 e. The Morgan fingerprint density at radius 1 is 1.10 bits per heavy atom. The first kappa shape index (κ1) is 29.2. The van der Waals surface area contributed by atoms with Gasteiger partial charge in [0, 0.05) is 49.2 Å². The van der Waals surface area contributed by atoms with E-state index in [2.05, 4.69) is 38.0 Å². The Morgan fingerprint density at radius 3 is 2.42 bits per heavy atom. The minimum atomic E-state index is -3.67. The van der Waals surface area contributed by atoms with Crippen molar-refractivity contribution in [1.29, 1.82) is 0 Å². The van der Waals surface area contributed by atoms with Crippen LogP contribution in [0.1, 0.15) is 85.0 Å². The van der Waals surface area contributed by atoms with E-state index < -0.39 is 10.0 Å². The molecular weight excluding hydrogens is 544 g/mol. The number of nitrogens with zero attached hydrogens (tertiary/aromatic N) is 3. The van der Waals surface area contributed by atoms with Crippen LogP contribution in [0.15, 0.2) is 29.2 Å². The molecule has 218 valence electrons. The normalized spacial score (nSPS) is 24.5. The van der Waals surface area contributed by atoms with Crippen LogP contribution in [0.2, 0.25) is 0 Å². The fourth-order valence-electron chi connectivity index (χ4n) is 7.29. The summed E-state index contributed by atoms with van der Waals surface area (Å²) in [6.07, 6.45) is 3.53. The second kappa shape index (κ2) is 10.5. The van der Waals surface area contributed by atoms with Crippen LogP contribution in [0, 0.1) is 10.8 Å². The third-order valence-electron chi connectivity index (χ3n) is 8.83. The van der Waals surface area contributed by atoms with Gasteiger partial charge >= 0.3 is 0 Å². The van der Waals surface area contributed by atoms with Crippen molar-refractivity contribution in [1.82, 2.24) is 14.1 Å². The van der Waals surface area contributed by atoms with Crippen LogP contribution in [0.5, 0.6) is 0 Å². The van der Waals surface area contributed by atoms with Crippen molar-refractivity contribution in [2.45, 2.75) is 77.8 Å². The molecule has 1 aromatic carbocycles. The number of hydrogen-bond acceptors (Lipinski definition) is 6. The molecule has 0 radical (unpaired) electrons. The van der Waals surface area contributed by atoms with Crippen LogP contribution in [0.25, 0.3) is 0 Å². The number of fused-ring (bicyclic) bond motifs is 3. The lowest BCUT2D eigenvalue weighted by Gasteiger charge is -2.39. The molecule has 5 rings (SSSR count). The number of likely N-dealkylation sites (N-methyl/N-ethyl adjacent to an activating group) is 1. The van der Waals surface area contributed by atoms with Crippen LogP contribution in [0.4, 0.5) is 5.00 Å². The fraction of sp³-hybridized carbons (Fsp3) is 0.600. The predicted octanol–water partition coefficient (Wildman–Crippen LogP) is 5.06. The summed E-state index contributed by atoms with van der Waals surface area (Å²) in [6.45, 7) is 13.9. The minimum Gasteiger partial charge on any atom is -0.339 e. The number of sulfonamides is 1. The monoisotopic (exact) mass is 586 g/mol. The second-order valence-electron chi connectivity index (χ2n) is 12.9. The minimum absolute atomic E-state index is 0.00569. The maximum atomic E-state index is 13.7. The van der Waals surface area contributed by atoms with Gasteiger partial charge in [-0.05, 0) is 87.2 Å². The molecule has 2 aromatic rings. The van der Waals surface area contributed by atoms with Gasteiger partial charge in [0.1, 0.15) is 5.00 Å². The summed E-state index contributed by atoms with van der Waals surface area (Å²) in [4.78, 5) is 32.1. The van der Waals surface area contributed by atoms with Crippen LogP contribution >= 0.6 is 11.3 Å². The Bertz CT molecular complexity index is 1410. The molecule has 1 aliphatic carbocycles. The highest BCUT2D eigenvalue weighted by atomic mass is 32.2. The molecular formula is C30H42N4O4S2. The molecule has 1 aromatic heterocycles. The van der Waals surface area contributed by atoms with Crippen molar-refractivity contribution in [2.24, 2.45) is 10.8 Å². The summed E-state index contributed by atoms with van der Waals surface area (Å²) in [5.74, 6) is -0.410. The number of carbonyl (C=O) groups excluding carboxylic acids is 2. The molecule has 10 heteroatoms. The van der Waals surface area contributed by atoms with Crippen molar-refractivity contribution >= 4 is 38.2 Å². The lowest BCUT2D eigenvalue weighted by Crippen LogP contribution is -2.37. The highest BCUT2D eigenvalue weighted by Crippen LogP contribution is 2.53. The zero-order valence-corrected chi connectivity index (χ0v) is 26.2. The molecule has 2 amide bonds. The molecule has 2 atom stereocenters. The number of amides is 2. The number of rotatable bonds is 7. The number of carbonyl (C=O) groups is 2. The van der Waals surface area contributed by atoms with Gasteiger partial charge in [-0.25, -0.2) is 8.42 Å². The molecule has 2 unspecified atom stereocenters. The fourth-order valence-corrected chi connectivity index (χ4v) is 10.4. The zero-order valence-electron chi connectivity index (χ0n) is 24.5. The third kappa shape index (κ3) is 5.35.